The first-order valence-corrected chi connectivity index (χ1v) is 6.22. The molecule has 0 unspecified atom stereocenters. The number of rotatable bonds is 5. The smallest absolute Gasteiger partial charge is 0.251 e. The Hall–Kier alpha value is -1.39. The van der Waals surface area contributed by atoms with Crippen LogP contribution in [0.15, 0.2) is 24.3 Å². The van der Waals surface area contributed by atoms with Crippen molar-refractivity contribution < 1.29 is 9.90 Å². The molecule has 0 heterocycles. The van der Waals surface area contributed by atoms with Gasteiger partial charge in [0.2, 0.25) is 0 Å². The predicted octanol–water partition coefficient (Wildman–Crippen LogP) is 1.00. The van der Waals surface area contributed by atoms with Gasteiger partial charge in [-0.25, -0.2) is 0 Å². The zero-order valence-electron chi connectivity index (χ0n) is 10.9. The highest BCUT2D eigenvalue weighted by Crippen LogP contribution is 2.34. The molecule has 1 saturated carbocycles. The molecule has 4 heteroatoms. The first kappa shape index (κ1) is 13.1. The van der Waals surface area contributed by atoms with Crippen molar-refractivity contribution in [3.8, 4) is 0 Å². The topological polar surface area (TPSA) is 52.6 Å². The van der Waals surface area contributed by atoms with Gasteiger partial charge in [0.05, 0.1) is 12.1 Å². The number of aliphatic hydroxyl groups excluding tert-OH is 1. The molecule has 0 spiro atoms. The van der Waals surface area contributed by atoms with Crippen molar-refractivity contribution in [1.29, 1.82) is 0 Å². The van der Waals surface area contributed by atoms with E-state index < -0.39 is 0 Å². The largest absolute Gasteiger partial charge is 0.394 e. The van der Waals surface area contributed by atoms with Crippen LogP contribution in [0, 0.1) is 0 Å². The lowest BCUT2D eigenvalue weighted by Gasteiger charge is -2.14. The Morgan fingerprint density at radius 3 is 2.39 bits per heavy atom. The van der Waals surface area contributed by atoms with E-state index in [1.54, 1.807) is 0 Å². The molecule has 0 radical (unpaired) electrons. The number of nitrogens with zero attached hydrogens (tertiary/aromatic N) is 1. The molecular formula is C14H20N2O2. The molecule has 0 atom stereocenters. The molecule has 2 rings (SSSR count). The normalized spacial score (nSPS) is 16.7. The maximum Gasteiger partial charge on any atom is 0.251 e. The minimum absolute atomic E-state index is 0.0253. The van der Waals surface area contributed by atoms with E-state index in [0.717, 1.165) is 19.4 Å². The molecule has 18 heavy (non-hydrogen) atoms. The van der Waals surface area contributed by atoms with Gasteiger partial charge in [0.1, 0.15) is 0 Å². The minimum atomic E-state index is -0.348. The van der Waals surface area contributed by atoms with Gasteiger partial charge in [0, 0.05) is 12.1 Å². The summed E-state index contributed by atoms with van der Waals surface area (Å²) in [7, 11) is 4.03. The highest BCUT2D eigenvalue weighted by atomic mass is 16.3. The van der Waals surface area contributed by atoms with Crippen LogP contribution in [0.1, 0.15) is 28.8 Å². The summed E-state index contributed by atoms with van der Waals surface area (Å²) in [4.78, 5) is 14.0. The molecule has 1 aromatic rings. The highest BCUT2D eigenvalue weighted by Gasteiger charge is 2.43. The van der Waals surface area contributed by atoms with Gasteiger partial charge >= 0.3 is 0 Å². The van der Waals surface area contributed by atoms with Crippen LogP contribution in [0.5, 0.6) is 0 Å². The second-order valence-electron chi connectivity index (χ2n) is 5.33. The molecule has 1 amide bonds. The lowest BCUT2D eigenvalue weighted by molar-refractivity contribution is 0.0907. The maximum absolute atomic E-state index is 12.0. The van der Waals surface area contributed by atoms with E-state index in [9.17, 15) is 9.90 Å². The Morgan fingerprint density at radius 1 is 1.33 bits per heavy atom. The average Bonchev–Trinajstić information content (AvgIpc) is 3.09. The van der Waals surface area contributed by atoms with Gasteiger partial charge in [-0.15, -0.1) is 0 Å². The average molecular weight is 248 g/mol. The summed E-state index contributed by atoms with van der Waals surface area (Å²) in [6.07, 6.45) is 1.74. The number of benzene rings is 1. The number of carbonyl (C=O) groups is 1. The van der Waals surface area contributed by atoms with Crippen molar-refractivity contribution >= 4 is 5.91 Å². The second kappa shape index (κ2) is 5.08. The summed E-state index contributed by atoms with van der Waals surface area (Å²) in [6, 6.07) is 7.60. The summed E-state index contributed by atoms with van der Waals surface area (Å²) in [5.41, 5.74) is 1.48. The lowest BCUT2D eigenvalue weighted by Crippen LogP contribution is -2.39. The molecule has 0 saturated heterocycles. The molecule has 1 fully saturated rings. The molecule has 0 bridgehead atoms. The zero-order valence-corrected chi connectivity index (χ0v) is 10.9. The van der Waals surface area contributed by atoms with Gasteiger partial charge in [-0.2, -0.15) is 0 Å². The fourth-order valence-electron chi connectivity index (χ4n) is 1.91. The quantitative estimate of drug-likeness (QED) is 0.817. The summed E-state index contributed by atoms with van der Waals surface area (Å²) in [6.45, 7) is 0.889. The van der Waals surface area contributed by atoms with Crippen molar-refractivity contribution in [2.75, 3.05) is 20.7 Å². The Labute approximate surface area is 108 Å². The number of aliphatic hydroxyl groups is 1. The summed E-state index contributed by atoms with van der Waals surface area (Å²) >= 11 is 0. The number of hydrogen-bond acceptors (Lipinski definition) is 3. The van der Waals surface area contributed by atoms with E-state index in [1.165, 1.54) is 5.56 Å². The van der Waals surface area contributed by atoms with Crippen LogP contribution in [0.25, 0.3) is 0 Å². The van der Waals surface area contributed by atoms with Crippen LogP contribution in [-0.2, 0) is 6.54 Å². The Morgan fingerprint density at radius 2 is 1.94 bits per heavy atom. The van der Waals surface area contributed by atoms with Gasteiger partial charge in [-0.3, -0.25) is 4.79 Å². The predicted molar refractivity (Wildman–Crippen MR) is 70.4 cm³/mol. The van der Waals surface area contributed by atoms with Crippen LogP contribution >= 0.6 is 0 Å². The van der Waals surface area contributed by atoms with Gasteiger partial charge in [-0.05, 0) is 44.6 Å². The summed E-state index contributed by atoms with van der Waals surface area (Å²) in [5.74, 6) is -0.0991. The number of carbonyl (C=O) groups excluding carboxylic acids is 1. The Kier molecular flexibility index (Phi) is 3.68. The molecule has 1 aromatic carbocycles. The van der Waals surface area contributed by atoms with Crippen LogP contribution in [0.4, 0.5) is 0 Å². The molecule has 1 aliphatic carbocycles. The molecule has 2 N–H and O–H groups in total. The van der Waals surface area contributed by atoms with Crippen LogP contribution in [0.3, 0.4) is 0 Å². The van der Waals surface area contributed by atoms with E-state index in [0.29, 0.717) is 5.56 Å². The first-order chi connectivity index (χ1) is 8.54. The highest BCUT2D eigenvalue weighted by molar-refractivity contribution is 5.95. The second-order valence-corrected chi connectivity index (χ2v) is 5.33. The third kappa shape index (κ3) is 3.09. The maximum atomic E-state index is 12.0. The van der Waals surface area contributed by atoms with E-state index in [1.807, 2.05) is 38.4 Å². The number of hydrogen-bond donors (Lipinski definition) is 2. The Balaban J connectivity index is 1.98. The number of nitrogens with one attached hydrogen (secondary N) is 1. The van der Waals surface area contributed by atoms with Crippen LogP contribution in [-0.4, -0.2) is 42.2 Å². The SMILES string of the molecule is CN(C)Cc1ccc(C(=O)NC2(CO)CC2)cc1. The van der Waals surface area contributed by atoms with E-state index >= 15 is 0 Å². The first-order valence-electron chi connectivity index (χ1n) is 6.22. The number of amides is 1. The molecular weight excluding hydrogens is 228 g/mol. The van der Waals surface area contributed by atoms with Crippen LogP contribution < -0.4 is 5.32 Å². The van der Waals surface area contributed by atoms with Crippen molar-refractivity contribution in [1.82, 2.24) is 10.2 Å². The standard InChI is InChI=1S/C14H20N2O2/c1-16(2)9-11-3-5-12(6-4-11)13(18)15-14(10-17)7-8-14/h3-6,17H,7-10H2,1-2H3,(H,15,18). The summed E-state index contributed by atoms with van der Waals surface area (Å²) in [5, 5.41) is 12.1. The van der Waals surface area contributed by atoms with Crippen molar-refractivity contribution in [2.24, 2.45) is 0 Å². The van der Waals surface area contributed by atoms with Gasteiger partial charge in [0.15, 0.2) is 0 Å². The van der Waals surface area contributed by atoms with E-state index in [2.05, 4.69) is 10.2 Å². The van der Waals surface area contributed by atoms with E-state index in [-0.39, 0.29) is 18.1 Å². The van der Waals surface area contributed by atoms with Crippen molar-refractivity contribution in [3.63, 3.8) is 0 Å². The van der Waals surface area contributed by atoms with Gasteiger partial charge < -0.3 is 15.3 Å². The minimum Gasteiger partial charge on any atom is -0.394 e. The van der Waals surface area contributed by atoms with Gasteiger partial charge in [-0.1, -0.05) is 12.1 Å². The summed E-state index contributed by atoms with van der Waals surface area (Å²) < 4.78 is 0. The fraction of sp³-hybridized carbons (Fsp3) is 0.500. The molecule has 1 aliphatic rings. The van der Waals surface area contributed by atoms with Crippen molar-refractivity contribution in [2.45, 2.75) is 24.9 Å². The zero-order chi connectivity index (χ0) is 13.2. The molecule has 98 valence electrons. The van der Waals surface area contributed by atoms with Gasteiger partial charge in [0.25, 0.3) is 5.91 Å². The third-order valence-electron chi connectivity index (χ3n) is 3.25. The third-order valence-corrected chi connectivity index (χ3v) is 3.25. The Bertz CT molecular complexity index is 422. The molecule has 4 nitrogen and oxygen atoms in total. The van der Waals surface area contributed by atoms with Crippen LogP contribution in [0.2, 0.25) is 0 Å². The molecule has 0 aliphatic heterocycles. The molecule has 0 aromatic heterocycles. The fourth-order valence-corrected chi connectivity index (χ4v) is 1.91. The lowest BCUT2D eigenvalue weighted by atomic mass is 10.1. The van der Waals surface area contributed by atoms with E-state index in [4.69, 9.17) is 0 Å². The monoisotopic (exact) mass is 248 g/mol. The van der Waals surface area contributed by atoms with Crippen molar-refractivity contribution in [3.05, 3.63) is 35.4 Å².